The van der Waals surface area contributed by atoms with E-state index in [9.17, 15) is 9.90 Å². The second-order valence-electron chi connectivity index (χ2n) is 6.12. The largest absolute Gasteiger partial charge is 0.480 e. The number of aliphatic hydroxyl groups excluding tert-OH is 1. The summed E-state index contributed by atoms with van der Waals surface area (Å²) >= 11 is 0. The number of carboxylic acids is 1. The number of ether oxygens (including phenoxy) is 2. The minimum absolute atomic E-state index is 0.258. The summed E-state index contributed by atoms with van der Waals surface area (Å²) in [6.07, 6.45) is 13.2. The molecule has 2 aliphatic heterocycles. The lowest BCUT2D eigenvalue weighted by molar-refractivity contribution is -0.141. The number of hydrogen-bond acceptors (Lipinski definition) is 4. The van der Waals surface area contributed by atoms with Crippen molar-refractivity contribution in [1.82, 2.24) is 0 Å². The zero-order chi connectivity index (χ0) is 16.7. The van der Waals surface area contributed by atoms with E-state index in [0.717, 1.165) is 19.3 Å². The molecule has 23 heavy (non-hydrogen) atoms. The highest BCUT2D eigenvalue weighted by molar-refractivity contribution is 5.67. The molecule has 128 valence electrons. The molecule has 0 aliphatic carbocycles. The van der Waals surface area contributed by atoms with Gasteiger partial charge in [-0.15, -0.1) is 6.58 Å². The normalized spacial score (nSPS) is 31.2. The summed E-state index contributed by atoms with van der Waals surface area (Å²) in [6, 6.07) is 0. The molecule has 1 unspecified atom stereocenters. The van der Waals surface area contributed by atoms with Crippen molar-refractivity contribution in [3.05, 3.63) is 37.0 Å². The Labute approximate surface area is 137 Å². The molecular weight excluding hydrogens is 296 g/mol. The van der Waals surface area contributed by atoms with E-state index in [1.54, 1.807) is 6.08 Å². The van der Waals surface area contributed by atoms with Gasteiger partial charge >= 0.3 is 5.97 Å². The highest BCUT2D eigenvalue weighted by atomic mass is 16.5. The van der Waals surface area contributed by atoms with Crippen LogP contribution in [0.15, 0.2) is 37.0 Å². The van der Waals surface area contributed by atoms with Crippen LogP contribution in [0.2, 0.25) is 0 Å². The van der Waals surface area contributed by atoms with Crippen molar-refractivity contribution in [3.63, 3.8) is 0 Å². The van der Waals surface area contributed by atoms with Crippen molar-refractivity contribution < 1.29 is 24.5 Å². The predicted octanol–water partition coefficient (Wildman–Crippen LogP) is 2.32. The summed E-state index contributed by atoms with van der Waals surface area (Å²) in [7, 11) is 0. The maximum absolute atomic E-state index is 10.3. The van der Waals surface area contributed by atoms with Gasteiger partial charge in [-0.2, -0.15) is 0 Å². The lowest BCUT2D eigenvalue weighted by Crippen LogP contribution is -2.25. The first kappa shape index (κ1) is 17.9. The lowest BCUT2D eigenvalue weighted by Gasteiger charge is -2.24. The maximum atomic E-state index is 10.3. The number of allylic oxidation sites excluding steroid dienone is 1. The van der Waals surface area contributed by atoms with Crippen molar-refractivity contribution in [2.24, 2.45) is 11.8 Å². The van der Waals surface area contributed by atoms with Gasteiger partial charge in [0.1, 0.15) is 6.61 Å². The third kappa shape index (κ3) is 5.30. The summed E-state index contributed by atoms with van der Waals surface area (Å²) in [4.78, 5) is 10.3. The van der Waals surface area contributed by atoms with Gasteiger partial charge in [-0.05, 0) is 31.6 Å². The van der Waals surface area contributed by atoms with Crippen LogP contribution in [-0.2, 0) is 14.3 Å². The Balaban J connectivity index is 1.82. The van der Waals surface area contributed by atoms with E-state index in [2.05, 4.69) is 12.7 Å². The summed E-state index contributed by atoms with van der Waals surface area (Å²) < 4.78 is 11.0. The molecule has 0 spiro atoms. The van der Waals surface area contributed by atoms with Crippen molar-refractivity contribution >= 4 is 5.97 Å². The number of hydrogen-bond donors (Lipinski definition) is 2. The van der Waals surface area contributed by atoms with Gasteiger partial charge in [-0.25, -0.2) is 4.79 Å². The van der Waals surface area contributed by atoms with Gasteiger partial charge in [0.25, 0.3) is 0 Å². The Kier molecular flexibility index (Phi) is 7.02. The average molecular weight is 322 g/mol. The van der Waals surface area contributed by atoms with Gasteiger partial charge < -0.3 is 19.7 Å². The summed E-state index contributed by atoms with van der Waals surface area (Å²) in [5.41, 5.74) is 0. The van der Waals surface area contributed by atoms with Crippen LogP contribution in [-0.4, -0.2) is 47.7 Å². The Morgan fingerprint density at radius 3 is 2.87 bits per heavy atom. The van der Waals surface area contributed by atoms with Gasteiger partial charge in [0.2, 0.25) is 0 Å². The van der Waals surface area contributed by atoms with Gasteiger partial charge in [0.15, 0.2) is 0 Å². The third-order valence-electron chi connectivity index (χ3n) is 4.46. The summed E-state index contributed by atoms with van der Waals surface area (Å²) in [5, 5.41) is 18.3. The predicted molar refractivity (Wildman–Crippen MR) is 87.0 cm³/mol. The van der Waals surface area contributed by atoms with Crippen LogP contribution in [0.5, 0.6) is 0 Å². The molecule has 2 aliphatic rings. The molecule has 0 saturated carbocycles. The minimum Gasteiger partial charge on any atom is -0.480 e. The van der Waals surface area contributed by atoms with E-state index in [4.69, 9.17) is 14.6 Å². The van der Waals surface area contributed by atoms with Crippen LogP contribution in [0.4, 0.5) is 0 Å². The smallest absolute Gasteiger partial charge is 0.329 e. The molecule has 5 atom stereocenters. The van der Waals surface area contributed by atoms with Gasteiger partial charge in [-0.1, -0.05) is 30.4 Å². The fourth-order valence-corrected chi connectivity index (χ4v) is 3.43. The molecule has 2 saturated heterocycles. The number of carboxylic acid groups (broad SMARTS) is 1. The molecule has 0 aromatic carbocycles. The van der Waals surface area contributed by atoms with Crippen LogP contribution in [0.3, 0.4) is 0 Å². The second-order valence-corrected chi connectivity index (χ2v) is 6.12. The third-order valence-corrected chi connectivity index (χ3v) is 4.46. The molecule has 0 amide bonds. The van der Waals surface area contributed by atoms with Crippen LogP contribution in [0, 0.1) is 11.8 Å². The standard InChI is InChI=1S/C18H26O5/c1-2-5-13(19)7-8-15-14(16-9-10-17(15)23-16)6-3-4-11-22-12-18(20)21/h2-4,7-8,13-17,19H,1,5-6,9-12H2,(H,20,21)/b4-3-,8-7+/t13?,14-,15+,16-,17+/m0/s1. The summed E-state index contributed by atoms with van der Waals surface area (Å²) in [6.45, 7) is 3.68. The molecule has 5 nitrogen and oxygen atoms in total. The highest BCUT2D eigenvalue weighted by Gasteiger charge is 2.46. The van der Waals surface area contributed by atoms with Crippen LogP contribution in [0.25, 0.3) is 0 Å². The minimum atomic E-state index is -0.955. The highest BCUT2D eigenvalue weighted by Crippen LogP contribution is 2.45. The zero-order valence-electron chi connectivity index (χ0n) is 13.3. The van der Waals surface area contributed by atoms with Crippen LogP contribution in [0.1, 0.15) is 25.7 Å². The first-order chi connectivity index (χ1) is 11.1. The van der Waals surface area contributed by atoms with E-state index >= 15 is 0 Å². The molecular formula is C18H26O5. The van der Waals surface area contributed by atoms with Crippen molar-refractivity contribution in [2.45, 2.75) is 44.0 Å². The second kappa shape index (κ2) is 9.01. The average Bonchev–Trinajstić information content (AvgIpc) is 3.10. The lowest BCUT2D eigenvalue weighted by atomic mass is 9.77. The SMILES string of the molecule is C=CCC(O)/C=C/[C@@H]1[C@H](C/C=C\COCC(=O)O)[C@@H]2CC[C@H]1O2. The Hall–Kier alpha value is -1.43. The number of aliphatic carboxylic acids is 1. The monoisotopic (exact) mass is 322 g/mol. The number of aliphatic hydroxyl groups is 1. The fraction of sp³-hybridized carbons (Fsp3) is 0.611. The quantitative estimate of drug-likeness (QED) is 0.477. The fourth-order valence-electron chi connectivity index (χ4n) is 3.43. The Morgan fingerprint density at radius 2 is 2.13 bits per heavy atom. The molecule has 2 N–H and O–H groups in total. The van der Waals surface area contributed by atoms with Crippen LogP contribution < -0.4 is 0 Å². The summed E-state index contributed by atoms with van der Waals surface area (Å²) in [5.74, 6) is -0.211. The molecule has 0 aromatic rings. The number of carbonyl (C=O) groups is 1. The molecule has 0 radical (unpaired) electrons. The first-order valence-corrected chi connectivity index (χ1v) is 8.19. The Bertz CT molecular complexity index is 456. The van der Waals surface area contributed by atoms with E-state index in [0.29, 0.717) is 24.9 Å². The van der Waals surface area contributed by atoms with E-state index in [1.807, 2.05) is 18.2 Å². The van der Waals surface area contributed by atoms with E-state index in [1.165, 1.54) is 0 Å². The van der Waals surface area contributed by atoms with Crippen molar-refractivity contribution in [2.75, 3.05) is 13.2 Å². The molecule has 5 heteroatoms. The van der Waals surface area contributed by atoms with Gasteiger partial charge in [0, 0.05) is 5.92 Å². The Morgan fingerprint density at radius 1 is 1.35 bits per heavy atom. The first-order valence-electron chi connectivity index (χ1n) is 8.19. The number of fused-ring (bicyclic) bond motifs is 2. The topological polar surface area (TPSA) is 76.0 Å². The van der Waals surface area contributed by atoms with Gasteiger partial charge in [-0.3, -0.25) is 0 Å². The number of rotatable bonds is 10. The molecule has 2 rings (SSSR count). The molecule has 2 heterocycles. The van der Waals surface area contributed by atoms with E-state index < -0.39 is 12.1 Å². The maximum Gasteiger partial charge on any atom is 0.329 e. The molecule has 2 bridgehead atoms. The van der Waals surface area contributed by atoms with Crippen molar-refractivity contribution in [3.8, 4) is 0 Å². The van der Waals surface area contributed by atoms with Crippen molar-refractivity contribution in [1.29, 1.82) is 0 Å². The van der Waals surface area contributed by atoms with Gasteiger partial charge in [0.05, 0.1) is 24.9 Å². The molecule has 0 aromatic heterocycles. The van der Waals surface area contributed by atoms with E-state index in [-0.39, 0.29) is 18.8 Å². The molecule has 2 fully saturated rings. The van der Waals surface area contributed by atoms with Crippen LogP contribution >= 0.6 is 0 Å². The zero-order valence-corrected chi connectivity index (χ0v) is 13.3.